The lowest BCUT2D eigenvalue weighted by atomic mass is 9.90. The summed E-state index contributed by atoms with van der Waals surface area (Å²) >= 11 is 0. The largest absolute Gasteiger partial charge is 0.465 e. The first kappa shape index (κ1) is 21.8. The van der Waals surface area contributed by atoms with E-state index in [9.17, 15) is 17.6 Å². The standard InChI is InChI=1S/C22H23FN2O4S/c23-20-9-7-18(8-10-20)19-12-14-25(15-13-19)30(28,29)16-21(24-22(26)27)11-6-17-4-2-1-3-5-17/h1-5,7-10,19,21,24H,12-16H2,(H,26,27). The lowest BCUT2D eigenvalue weighted by Gasteiger charge is -2.32. The van der Waals surface area contributed by atoms with Crippen molar-refractivity contribution in [3.8, 4) is 11.8 Å². The van der Waals surface area contributed by atoms with Crippen molar-refractivity contribution in [3.63, 3.8) is 0 Å². The molecule has 1 fully saturated rings. The molecule has 1 amide bonds. The Morgan fingerprint density at radius 2 is 1.77 bits per heavy atom. The maximum atomic E-state index is 13.1. The highest BCUT2D eigenvalue weighted by Gasteiger charge is 2.30. The van der Waals surface area contributed by atoms with Gasteiger partial charge in [-0.15, -0.1) is 0 Å². The number of piperidine rings is 1. The van der Waals surface area contributed by atoms with E-state index < -0.39 is 27.9 Å². The van der Waals surface area contributed by atoms with Crippen molar-refractivity contribution in [3.05, 3.63) is 71.5 Å². The molecule has 2 aromatic rings. The SMILES string of the molecule is O=C(O)NC(C#Cc1ccccc1)CS(=O)(=O)N1CCC(c2ccc(F)cc2)CC1. The summed E-state index contributed by atoms with van der Waals surface area (Å²) in [6.45, 7) is 0.659. The number of halogens is 1. The van der Waals surface area contributed by atoms with E-state index in [1.54, 1.807) is 36.4 Å². The van der Waals surface area contributed by atoms with Crippen molar-refractivity contribution in [2.75, 3.05) is 18.8 Å². The number of rotatable bonds is 5. The molecule has 158 valence electrons. The van der Waals surface area contributed by atoms with E-state index in [1.807, 2.05) is 6.07 Å². The van der Waals surface area contributed by atoms with Gasteiger partial charge in [0.05, 0.1) is 5.75 Å². The zero-order valence-electron chi connectivity index (χ0n) is 16.3. The molecule has 2 aromatic carbocycles. The van der Waals surface area contributed by atoms with Crippen molar-refractivity contribution >= 4 is 16.1 Å². The molecule has 30 heavy (non-hydrogen) atoms. The number of carbonyl (C=O) groups is 1. The van der Waals surface area contributed by atoms with Crippen molar-refractivity contribution in [1.29, 1.82) is 0 Å². The Hall–Kier alpha value is -2.89. The van der Waals surface area contributed by atoms with Crippen LogP contribution in [-0.4, -0.2) is 48.8 Å². The molecule has 0 spiro atoms. The fourth-order valence-electron chi connectivity index (χ4n) is 3.48. The second-order valence-electron chi connectivity index (χ2n) is 7.14. The van der Waals surface area contributed by atoms with Crippen LogP contribution in [0.4, 0.5) is 9.18 Å². The highest BCUT2D eigenvalue weighted by atomic mass is 32.2. The molecule has 1 aliphatic heterocycles. The molecular formula is C22H23FN2O4S. The van der Waals surface area contributed by atoms with E-state index in [0.717, 1.165) is 5.56 Å². The van der Waals surface area contributed by atoms with Crippen LogP contribution < -0.4 is 5.32 Å². The first-order valence-corrected chi connectivity index (χ1v) is 11.2. The smallest absolute Gasteiger partial charge is 0.405 e. The summed E-state index contributed by atoms with van der Waals surface area (Å²) in [7, 11) is -3.70. The molecule has 0 saturated carbocycles. The van der Waals surface area contributed by atoms with E-state index >= 15 is 0 Å². The minimum absolute atomic E-state index is 0.169. The van der Waals surface area contributed by atoms with Gasteiger partial charge in [-0.25, -0.2) is 21.9 Å². The summed E-state index contributed by atoms with van der Waals surface area (Å²) in [5.74, 6) is 4.98. The number of sulfonamides is 1. The van der Waals surface area contributed by atoms with Crippen LogP contribution >= 0.6 is 0 Å². The summed E-state index contributed by atoms with van der Waals surface area (Å²) in [5, 5.41) is 11.2. The molecule has 0 radical (unpaired) electrons. The van der Waals surface area contributed by atoms with Crippen LogP contribution in [0.15, 0.2) is 54.6 Å². The summed E-state index contributed by atoms with van der Waals surface area (Å²) < 4.78 is 40.2. The molecular weight excluding hydrogens is 407 g/mol. The molecule has 1 aliphatic rings. The molecule has 1 saturated heterocycles. The zero-order chi connectivity index (χ0) is 21.6. The Morgan fingerprint density at radius 3 is 2.37 bits per heavy atom. The van der Waals surface area contributed by atoms with Crippen LogP contribution in [0.1, 0.15) is 29.9 Å². The molecule has 0 bridgehead atoms. The minimum atomic E-state index is -3.70. The monoisotopic (exact) mass is 430 g/mol. The third kappa shape index (κ3) is 6.05. The first-order valence-electron chi connectivity index (χ1n) is 9.63. The summed E-state index contributed by atoms with van der Waals surface area (Å²) in [6, 6.07) is 14.2. The molecule has 8 heteroatoms. The minimum Gasteiger partial charge on any atom is -0.465 e. The molecule has 1 heterocycles. The van der Waals surface area contributed by atoms with Crippen molar-refractivity contribution < 1.29 is 22.7 Å². The van der Waals surface area contributed by atoms with Gasteiger partial charge in [0.25, 0.3) is 0 Å². The molecule has 1 unspecified atom stereocenters. The van der Waals surface area contributed by atoms with Crippen molar-refractivity contribution in [1.82, 2.24) is 9.62 Å². The summed E-state index contributed by atoms with van der Waals surface area (Å²) in [6.07, 6.45) is -0.0811. The highest BCUT2D eigenvalue weighted by Crippen LogP contribution is 2.29. The van der Waals surface area contributed by atoms with E-state index in [-0.39, 0.29) is 11.7 Å². The van der Waals surface area contributed by atoms with Crippen LogP contribution in [0.25, 0.3) is 0 Å². The van der Waals surface area contributed by atoms with Gasteiger partial charge in [-0.1, -0.05) is 42.2 Å². The number of benzene rings is 2. The second-order valence-corrected chi connectivity index (χ2v) is 9.15. The van der Waals surface area contributed by atoms with Gasteiger partial charge in [0.15, 0.2) is 0 Å². The Bertz CT molecular complexity index is 1020. The molecule has 3 rings (SSSR count). The highest BCUT2D eigenvalue weighted by molar-refractivity contribution is 7.89. The maximum absolute atomic E-state index is 13.1. The lowest BCUT2D eigenvalue weighted by Crippen LogP contribution is -2.45. The number of hydrogen-bond acceptors (Lipinski definition) is 3. The second kappa shape index (κ2) is 9.74. The number of nitrogens with zero attached hydrogens (tertiary/aromatic N) is 1. The predicted molar refractivity (Wildman–Crippen MR) is 112 cm³/mol. The first-order chi connectivity index (χ1) is 14.3. The molecule has 6 nitrogen and oxygen atoms in total. The Balaban J connectivity index is 1.65. The third-order valence-corrected chi connectivity index (χ3v) is 6.93. The van der Waals surface area contributed by atoms with Gasteiger partial charge in [-0.2, -0.15) is 0 Å². The van der Waals surface area contributed by atoms with E-state index in [0.29, 0.717) is 31.5 Å². The van der Waals surface area contributed by atoms with E-state index in [4.69, 9.17) is 5.11 Å². The summed E-state index contributed by atoms with van der Waals surface area (Å²) in [4.78, 5) is 11.1. The normalized spacial score (nSPS) is 16.3. The van der Waals surface area contributed by atoms with Crippen molar-refractivity contribution in [2.45, 2.75) is 24.8 Å². The lowest BCUT2D eigenvalue weighted by molar-refractivity contribution is 0.193. The van der Waals surface area contributed by atoms with E-state index in [1.165, 1.54) is 16.4 Å². The van der Waals surface area contributed by atoms with Gasteiger partial charge in [-0.05, 0) is 48.6 Å². The van der Waals surface area contributed by atoms with Crippen LogP contribution in [0.2, 0.25) is 0 Å². The van der Waals surface area contributed by atoms with Gasteiger partial charge in [0.1, 0.15) is 11.9 Å². The molecule has 2 N–H and O–H groups in total. The molecule has 0 aromatic heterocycles. The number of hydrogen-bond donors (Lipinski definition) is 2. The molecule has 1 atom stereocenters. The van der Waals surface area contributed by atoms with Crippen LogP contribution in [0.5, 0.6) is 0 Å². The van der Waals surface area contributed by atoms with Crippen LogP contribution in [-0.2, 0) is 10.0 Å². The fraction of sp³-hybridized carbons (Fsp3) is 0.318. The van der Waals surface area contributed by atoms with Gasteiger partial charge < -0.3 is 10.4 Å². The summed E-state index contributed by atoms with van der Waals surface area (Å²) in [5.41, 5.74) is 1.67. The topological polar surface area (TPSA) is 86.7 Å². The number of carboxylic acid groups (broad SMARTS) is 1. The van der Waals surface area contributed by atoms with Gasteiger partial charge in [-0.3, -0.25) is 0 Å². The predicted octanol–water partition coefficient (Wildman–Crippen LogP) is 3.02. The Labute approximate surface area is 175 Å². The Morgan fingerprint density at radius 1 is 1.13 bits per heavy atom. The Kier molecular flexibility index (Phi) is 7.08. The average molecular weight is 431 g/mol. The van der Waals surface area contributed by atoms with Gasteiger partial charge in [0.2, 0.25) is 10.0 Å². The third-order valence-electron chi connectivity index (χ3n) is 5.03. The zero-order valence-corrected chi connectivity index (χ0v) is 17.1. The van der Waals surface area contributed by atoms with Crippen LogP contribution in [0.3, 0.4) is 0 Å². The average Bonchev–Trinajstić information content (AvgIpc) is 2.73. The van der Waals surface area contributed by atoms with Crippen molar-refractivity contribution in [2.24, 2.45) is 0 Å². The quantitative estimate of drug-likeness (QED) is 0.714. The molecule has 0 aliphatic carbocycles. The number of nitrogens with one attached hydrogen (secondary N) is 1. The van der Waals surface area contributed by atoms with Crippen LogP contribution in [0, 0.1) is 17.7 Å². The maximum Gasteiger partial charge on any atom is 0.405 e. The van der Waals surface area contributed by atoms with Gasteiger partial charge in [0, 0.05) is 18.7 Å². The van der Waals surface area contributed by atoms with Gasteiger partial charge >= 0.3 is 6.09 Å². The number of amides is 1. The van der Waals surface area contributed by atoms with E-state index in [2.05, 4.69) is 17.2 Å². The fourth-order valence-corrected chi connectivity index (χ4v) is 5.04.